The Morgan fingerprint density at radius 1 is 1.41 bits per heavy atom. The first kappa shape index (κ1) is 13.0. The van der Waals surface area contributed by atoms with E-state index in [2.05, 4.69) is 0 Å². The molecule has 1 aromatic carbocycles. The minimum atomic E-state index is -1.10. The number of primary amides is 1. The number of para-hydroxylation sites is 1. The summed E-state index contributed by atoms with van der Waals surface area (Å²) in [6, 6.07) is 4.36. The molecular formula is C11H13NO5. The summed E-state index contributed by atoms with van der Waals surface area (Å²) < 4.78 is 9.87. The van der Waals surface area contributed by atoms with Crippen LogP contribution in [0.4, 0.5) is 0 Å². The van der Waals surface area contributed by atoms with E-state index in [1.165, 1.54) is 32.0 Å². The molecule has 0 spiro atoms. The van der Waals surface area contributed by atoms with E-state index in [1.807, 2.05) is 0 Å². The molecule has 0 aliphatic heterocycles. The van der Waals surface area contributed by atoms with Crippen LogP contribution in [0.25, 0.3) is 0 Å². The Kier molecular flexibility index (Phi) is 4.06. The Balaban J connectivity index is 3.23. The molecule has 0 radical (unpaired) electrons. The van der Waals surface area contributed by atoms with E-state index >= 15 is 0 Å². The smallest absolute Gasteiger partial charge is 0.308 e. The number of rotatable bonds is 4. The van der Waals surface area contributed by atoms with Crippen molar-refractivity contribution < 1.29 is 24.2 Å². The fraction of sp³-hybridized carbons (Fsp3) is 0.273. The normalized spacial score (nSPS) is 11.7. The quantitative estimate of drug-likeness (QED) is 0.451. The second-order valence-electron chi connectivity index (χ2n) is 3.31. The van der Waals surface area contributed by atoms with Gasteiger partial charge in [-0.2, -0.15) is 0 Å². The first-order valence-electron chi connectivity index (χ1n) is 4.87. The lowest BCUT2D eigenvalue weighted by atomic mass is 10.2. The molecule has 0 saturated carbocycles. The first-order chi connectivity index (χ1) is 7.91. The highest BCUT2D eigenvalue weighted by atomic mass is 16.6. The number of carbonyl (C=O) groups excluding carboxylic acids is 2. The summed E-state index contributed by atoms with van der Waals surface area (Å²) in [4.78, 5) is 22.1. The predicted molar refractivity (Wildman–Crippen MR) is 58.6 cm³/mol. The van der Waals surface area contributed by atoms with Gasteiger partial charge in [0.1, 0.15) is 0 Å². The standard InChI is InChI=1S/C11H13NO5/c1-6(13)16-9-5-3-4-8(11(12)15)10(9)17-7(2)14/h3-6,13H,1-2H3,(H2,12,15). The fourth-order valence-electron chi connectivity index (χ4n) is 1.24. The molecule has 0 bridgehead atoms. The number of ether oxygens (including phenoxy) is 2. The highest BCUT2D eigenvalue weighted by molar-refractivity contribution is 5.97. The number of amides is 1. The molecule has 6 heteroatoms. The molecular weight excluding hydrogens is 226 g/mol. The van der Waals surface area contributed by atoms with Gasteiger partial charge in [0.05, 0.1) is 5.56 Å². The summed E-state index contributed by atoms with van der Waals surface area (Å²) >= 11 is 0. The number of hydrogen-bond donors (Lipinski definition) is 2. The molecule has 0 aliphatic carbocycles. The SMILES string of the molecule is CC(=O)Oc1c(OC(C)O)cccc1C(N)=O. The van der Waals surface area contributed by atoms with E-state index in [4.69, 9.17) is 20.3 Å². The highest BCUT2D eigenvalue weighted by Gasteiger charge is 2.17. The van der Waals surface area contributed by atoms with E-state index in [1.54, 1.807) is 0 Å². The van der Waals surface area contributed by atoms with Crippen molar-refractivity contribution in [2.24, 2.45) is 5.73 Å². The van der Waals surface area contributed by atoms with Crippen LogP contribution in [-0.4, -0.2) is 23.3 Å². The predicted octanol–water partition coefficient (Wildman–Crippen LogP) is 0.428. The minimum Gasteiger partial charge on any atom is -0.462 e. The molecule has 0 heterocycles. The van der Waals surface area contributed by atoms with Crippen molar-refractivity contribution >= 4 is 11.9 Å². The lowest BCUT2D eigenvalue weighted by Gasteiger charge is -2.14. The number of benzene rings is 1. The van der Waals surface area contributed by atoms with Crippen molar-refractivity contribution in [3.05, 3.63) is 23.8 Å². The summed E-state index contributed by atoms with van der Waals surface area (Å²) in [5.41, 5.74) is 5.15. The molecule has 0 aliphatic rings. The zero-order valence-corrected chi connectivity index (χ0v) is 9.47. The number of aliphatic hydroxyl groups is 1. The van der Waals surface area contributed by atoms with Crippen LogP contribution < -0.4 is 15.2 Å². The third kappa shape index (κ3) is 3.46. The molecule has 1 unspecified atom stereocenters. The molecule has 1 aromatic rings. The number of carbonyl (C=O) groups is 2. The van der Waals surface area contributed by atoms with Crippen LogP contribution in [0, 0.1) is 0 Å². The van der Waals surface area contributed by atoms with Gasteiger partial charge in [0.15, 0.2) is 17.8 Å². The van der Waals surface area contributed by atoms with Crippen molar-refractivity contribution in [2.75, 3.05) is 0 Å². The van der Waals surface area contributed by atoms with Gasteiger partial charge in [0, 0.05) is 6.92 Å². The Bertz CT molecular complexity index is 441. The maximum absolute atomic E-state index is 11.2. The van der Waals surface area contributed by atoms with Gasteiger partial charge < -0.3 is 20.3 Å². The number of esters is 1. The monoisotopic (exact) mass is 239 g/mol. The number of nitrogens with two attached hydrogens (primary N) is 1. The second-order valence-corrected chi connectivity index (χ2v) is 3.31. The van der Waals surface area contributed by atoms with Crippen molar-refractivity contribution in [3.8, 4) is 11.5 Å². The molecule has 1 amide bonds. The zero-order chi connectivity index (χ0) is 13.0. The van der Waals surface area contributed by atoms with Crippen molar-refractivity contribution in [3.63, 3.8) is 0 Å². The van der Waals surface area contributed by atoms with E-state index < -0.39 is 18.2 Å². The van der Waals surface area contributed by atoms with Crippen LogP contribution in [0.2, 0.25) is 0 Å². The number of aliphatic hydroxyl groups excluding tert-OH is 1. The lowest BCUT2D eigenvalue weighted by Crippen LogP contribution is -2.17. The van der Waals surface area contributed by atoms with E-state index in [-0.39, 0.29) is 17.1 Å². The Labute approximate surface area is 97.9 Å². The molecule has 0 fully saturated rings. The van der Waals surface area contributed by atoms with Gasteiger partial charge in [-0.15, -0.1) is 0 Å². The van der Waals surface area contributed by atoms with Crippen molar-refractivity contribution in [2.45, 2.75) is 20.1 Å². The molecule has 0 aromatic heterocycles. The van der Waals surface area contributed by atoms with Crippen molar-refractivity contribution in [1.82, 2.24) is 0 Å². The second kappa shape index (κ2) is 5.31. The zero-order valence-electron chi connectivity index (χ0n) is 9.47. The van der Waals surface area contributed by atoms with Crippen LogP contribution in [0.1, 0.15) is 24.2 Å². The van der Waals surface area contributed by atoms with Gasteiger partial charge >= 0.3 is 5.97 Å². The summed E-state index contributed by atoms with van der Waals surface area (Å²) in [6.07, 6.45) is -1.10. The van der Waals surface area contributed by atoms with E-state index in [0.29, 0.717) is 0 Å². The van der Waals surface area contributed by atoms with Crippen LogP contribution >= 0.6 is 0 Å². The average molecular weight is 239 g/mol. The summed E-state index contributed by atoms with van der Waals surface area (Å²) in [6.45, 7) is 2.57. The van der Waals surface area contributed by atoms with Crippen LogP contribution in [0.15, 0.2) is 18.2 Å². The topological polar surface area (TPSA) is 98.8 Å². The molecule has 92 valence electrons. The van der Waals surface area contributed by atoms with E-state index in [0.717, 1.165) is 0 Å². The van der Waals surface area contributed by atoms with Gasteiger partial charge in [0.2, 0.25) is 0 Å². The first-order valence-corrected chi connectivity index (χ1v) is 4.87. The van der Waals surface area contributed by atoms with E-state index in [9.17, 15) is 9.59 Å². The Morgan fingerprint density at radius 3 is 2.53 bits per heavy atom. The number of hydrogen-bond acceptors (Lipinski definition) is 5. The molecule has 1 atom stereocenters. The Hall–Kier alpha value is -2.08. The molecule has 0 saturated heterocycles. The molecule has 1 rings (SSSR count). The van der Waals surface area contributed by atoms with Gasteiger partial charge in [-0.05, 0) is 19.1 Å². The lowest BCUT2D eigenvalue weighted by molar-refractivity contribution is -0.132. The van der Waals surface area contributed by atoms with Gasteiger partial charge in [-0.3, -0.25) is 9.59 Å². The van der Waals surface area contributed by atoms with Crippen molar-refractivity contribution in [1.29, 1.82) is 0 Å². The van der Waals surface area contributed by atoms with Crippen LogP contribution in [0.3, 0.4) is 0 Å². The van der Waals surface area contributed by atoms with Crippen LogP contribution in [-0.2, 0) is 4.79 Å². The maximum atomic E-state index is 11.2. The average Bonchev–Trinajstić information content (AvgIpc) is 2.18. The minimum absolute atomic E-state index is 0.0124. The largest absolute Gasteiger partial charge is 0.462 e. The summed E-state index contributed by atoms with van der Waals surface area (Å²) in [5, 5.41) is 9.11. The maximum Gasteiger partial charge on any atom is 0.308 e. The van der Waals surface area contributed by atoms with Gasteiger partial charge in [0.25, 0.3) is 5.91 Å². The third-order valence-corrected chi connectivity index (χ3v) is 1.79. The van der Waals surface area contributed by atoms with Crippen LogP contribution in [0.5, 0.6) is 11.5 Å². The highest BCUT2D eigenvalue weighted by Crippen LogP contribution is 2.31. The summed E-state index contributed by atoms with van der Waals surface area (Å²) in [7, 11) is 0. The van der Waals surface area contributed by atoms with Gasteiger partial charge in [-0.25, -0.2) is 0 Å². The fourth-order valence-corrected chi connectivity index (χ4v) is 1.24. The van der Waals surface area contributed by atoms with Gasteiger partial charge in [-0.1, -0.05) is 6.07 Å². The third-order valence-electron chi connectivity index (χ3n) is 1.79. The summed E-state index contributed by atoms with van der Waals surface area (Å²) in [5.74, 6) is -1.38. The Morgan fingerprint density at radius 2 is 2.06 bits per heavy atom. The molecule has 3 N–H and O–H groups in total. The molecule has 17 heavy (non-hydrogen) atoms. The molecule has 6 nitrogen and oxygen atoms in total.